The van der Waals surface area contributed by atoms with Gasteiger partial charge in [0, 0.05) is 25.0 Å². The highest BCUT2D eigenvalue weighted by Gasteiger charge is 2.09. The molecule has 1 aromatic heterocycles. The normalized spacial score (nSPS) is 10.4. The van der Waals surface area contributed by atoms with E-state index in [1.54, 1.807) is 37.6 Å². The molecule has 0 unspecified atom stereocenters. The lowest BCUT2D eigenvalue weighted by Crippen LogP contribution is -2.26. The maximum absolute atomic E-state index is 13.6. The number of carbonyl (C=O) groups is 1. The molecule has 0 atom stereocenters. The van der Waals surface area contributed by atoms with Crippen molar-refractivity contribution < 1.29 is 13.9 Å². The van der Waals surface area contributed by atoms with Crippen LogP contribution in [0.15, 0.2) is 66.9 Å². The number of para-hydroxylation sites is 1. The summed E-state index contributed by atoms with van der Waals surface area (Å²) in [4.78, 5) is 16.5. The molecule has 0 radical (unpaired) electrons. The molecule has 0 bridgehead atoms. The van der Waals surface area contributed by atoms with Crippen molar-refractivity contribution in [2.75, 3.05) is 25.5 Å². The smallest absolute Gasteiger partial charge is 0.269 e. The third kappa shape index (κ3) is 5.78. The Morgan fingerprint density at radius 2 is 1.72 bits per heavy atom. The highest BCUT2D eigenvalue weighted by molar-refractivity contribution is 5.93. The minimum Gasteiger partial charge on any atom is -0.496 e. The molecular formula is C23H24FN3O2. The summed E-state index contributed by atoms with van der Waals surface area (Å²) in [5, 5.41) is 6.09. The molecular weight excluding hydrogens is 369 g/mol. The van der Waals surface area contributed by atoms with Gasteiger partial charge >= 0.3 is 0 Å². The van der Waals surface area contributed by atoms with E-state index in [0.29, 0.717) is 30.8 Å². The average Bonchev–Trinajstić information content (AvgIpc) is 2.75. The molecule has 0 aliphatic rings. The van der Waals surface area contributed by atoms with Crippen LogP contribution >= 0.6 is 0 Å². The summed E-state index contributed by atoms with van der Waals surface area (Å²) >= 11 is 0. The molecule has 1 heterocycles. The molecule has 0 saturated heterocycles. The Kier molecular flexibility index (Phi) is 7.16. The lowest BCUT2D eigenvalue weighted by Gasteiger charge is -2.11. The van der Waals surface area contributed by atoms with Crippen LogP contribution in [0.5, 0.6) is 5.75 Å². The molecule has 0 saturated carbocycles. The molecule has 1 amide bonds. The topological polar surface area (TPSA) is 63.2 Å². The van der Waals surface area contributed by atoms with Gasteiger partial charge in [0.15, 0.2) is 0 Å². The first-order chi connectivity index (χ1) is 14.2. The van der Waals surface area contributed by atoms with Crippen LogP contribution in [0.25, 0.3) is 0 Å². The van der Waals surface area contributed by atoms with Crippen molar-refractivity contribution in [3.05, 3.63) is 89.5 Å². The van der Waals surface area contributed by atoms with Gasteiger partial charge in [-0.15, -0.1) is 0 Å². The second-order valence-electron chi connectivity index (χ2n) is 6.52. The summed E-state index contributed by atoms with van der Waals surface area (Å²) < 4.78 is 19.0. The van der Waals surface area contributed by atoms with E-state index in [1.165, 1.54) is 6.07 Å². The van der Waals surface area contributed by atoms with Crippen molar-refractivity contribution in [2.24, 2.45) is 0 Å². The molecule has 2 aromatic carbocycles. The largest absolute Gasteiger partial charge is 0.496 e. The summed E-state index contributed by atoms with van der Waals surface area (Å²) in [6.45, 7) is 1.03. The SMILES string of the molecule is COc1ccccc1CCNc1ccnc(C(=O)NCCc2ccccc2F)c1. The predicted octanol–water partition coefficient (Wildman–Crippen LogP) is 3.86. The van der Waals surface area contributed by atoms with Gasteiger partial charge in [-0.05, 0) is 48.2 Å². The molecule has 0 aliphatic carbocycles. The first-order valence-corrected chi connectivity index (χ1v) is 9.51. The van der Waals surface area contributed by atoms with Crippen molar-refractivity contribution in [3.8, 4) is 5.75 Å². The van der Waals surface area contributed by atoms with Gasteiger partial charge in [-0.2, -0.15) is 0 Å². The number of nitrogens with one attached hydrogen (secondary N) is 2. The molecule has 3 aromatic rings. The molecule has 2 N–H and O–H groups in total. The number of pyridine rings is 1. The van der Waals surface area contributed by atoms with E-state index in [1.807, 2.05) is 30.3 Å². The van der Waals surface area contributed by atoms with Crippen LogP contribution in [0.2, 0.25) is 0 Å². The Balaban J connectivity index is 1.50. The Bertz CT molecular complexity index is 962. The van der Waals surface area contributed by atoms with Gasteiger partial charge < -0.3 is 15.4 Å². The summed E-state index contributed by atoms with van der Waals surface area (Å²) in [5.41, 5.74) is 2.82. The van der Waals surface area contributed by atoms with Crippen LogP contribution < -0.4 is 15.4 Å². The van der Waals surface area contributed by atoms with Crippen molar-refractivity contribution >= 4 is 11.6 Å². The first kappa shape index (κ1) is 20.3. The van der Waals surface area contributed by atoms with Crippen LogP contribution in [0, 0.1) is 5.82 Å². The van der Waals surface area contributed by atoms with Crippen LogP contribution in [-0.4, -0.2) is 31.1 Å². The number of amides is 1. The van der Waals surface area contributed by atoms with E-state index in [0.717, 1.165) is 23.4 Å². The van der Waals surface area contributed by atoms with Gasteiger partial charge in [0.1, 0.15) is 17.3 Å². The zero-order valence-corrected chi connectivity index (χ0v) is 16.3. The van der Waals surface area contributed by atoms with Crippen LogP contribution in [0.4, 0.5) is 10.1 Å². The van der Waals surface area contributed by atoms with Crippen molar-refractivity contribution in [3.63, 3.8) is 0 Å². The fourth-order valence-corrected chi connectivity index (χ4v) is 3.02. The lowest BCUT2D eigenvalue weighted by atomic mass is 10.1. The molecule has 5 nitrogen and oxygen atoms in total. The molecule has 29 heavy (non-hydrogen) atoms. The summed E-state index contributed by atoms with van der Waals surface area (Å²) in [7, 11) is 1.66. The second-order valence-corrected chi connectivity index (χ2v) is 6.52. The minimum atomic E-state index is -0.283. The predicted molar refractivity (Wildman–Crippen MR) is 112 cm³/mol. The van der Waals surface area contributed by atoms with Gasteiger partial charge in [0.05, 0.1) is 7.11 Å². The fourth-order valence-electron chi connectivity index (χ4n) is 3.02. The van der Waals surface area contributed by atoms with Gasteiger partial charge in [-0.1, -0.05) is 36.4 Å². The van der Waals surface area contributed by atoms with Gasteiger partial charge in [0.25, 0.3) is 5.91 Å². The molecule has 150 valence electrons. The third-order valence-electron chi connectivity index (χ3n) is 4.55. The molecule has 3 rings (SSSR count). The lowest BCUT2D eigenvalue weighted by molar-refractivity contribution is 0.0949. The maximum atomic E-state index is 13.6. The Hall–Kier alpha value is -3.41. The highest BCUT2D eigenvalue weighted by Crippen LogP contribution is 2.18. The molecule has 0 fully saturated rings. The molecule has 6 heteroatoms. The zero-order chi connectivity index (χ0) is 20.5. The van der Waals surface area contributed by atoms with Crippen molar-refractivity contribution in [1.29, 1.82) is 0 Å². The van der Waals surface area contributed by atoms with Gasteiger partial charge in [-0.25, -0.2) is 4.39 Å². The summed E-state index contributed by atoms with van der Waals surface area (Å²) in [6.07, 6.45) is 2.81. The average molecular weight is 393 g/mol. The number of rotatable bonds is 9. The van der Waals surface area contributed by atoms with Crippen LogP contribution in [-0.2, 0) is 12.8 Å². The van der Waals surface area contributed by atoms with E-state index in [9.17, 15) is 9.18 Å². The zero-order valence-electron chi connectivity index (χ0n) is 16.3. The Morgan fingerprint density at radius 3 is 2.52 bits per heavy atom. The van der Waals surface area contributed by atoms with E-state index in [2.05, 4.69) is 15.6 Å². The van der Waals surface area contributed by atoms with E-state index in [4.69, 9.17) is 4.74 Å². The quantitative estimate of drug-likeness (QED) is 0.580. The van der Waals surface area contributed by atoms with E-state index >= 15 is 0 Å². The minimum absolute atomic E-state index is 0.263. The van der Waals surface area contributed by atoms with Crippen LogP contribution in [0.1, 0.15) is 21.6 Å². The standard InChI is InChI=1S/C23H24FN3O2/c1-29-22-9-5-3-7-18(22)11-13-25-19-12-15-26-21(16-19)23(28)27-14-10-17-6-2-4-8-20(17)24/h2-9,12,15-16H,10-11,13-14H2,1H3,(H,25,26)(H,27,28). The van der Waals surface area contributed by atoms with Crippen molar-refractivity contribution in [1.82, 2.24) is 10.3 Å². The monoisotopic (exact) mass is 393 g/mol. The van der Waals surface area contributed by atoms with Crippen LogP contribution in [0.3, 0.4) is 0 Å². The highest BCUT2D eigenvalue weighted by atomic mass is 19.1. The summed E-state index contributed by atoms with van der Waals surface area (Å²) in [6, 6.07) is 18.0. The molecule has 0 aliphatic heterocycles. The molecule has 0 spiro atoms. The van der Waals surface area contributed by atoms with Gasteiger partial charge in [-0.3, -0.25) is 9.78 Å². The van der Waals surface area contributed by atoms with Gasteiger partial charge in [0.2, 0.25) is 0 Å². The first-order valence-electron chi connectivity index (χ1n) is 9.51. The van der Waals surface area contributed by atoms with Crippen molar-refractivity contribution in [2.45, 2.75) is 12.8 Å². The number of aromatic nitrogens is 1. The Labute approximate surface area is 169 Å². The van der Waals surface area contributed by atoms with E-state index in [-0.39, 0.29) is 11.7 Å². The number of hydrogen-bond acceptors (Lipinski definition) is 4. The number of anilines is 1. The number of methoxy groups -OCH3 is 1. The number of benzene rings is 2. The number of carbonyl (C=O) groups excluding carboxylic acids is 1. The second kappa shape index (κ2) is 10.2. The number of halogens is 1. The van der Waals surface area contributed by atoms with E-state index < -0.39 is 0 Å². The number of nitrogens with zero attached hydrogens (tertiary/aromatic N) is 1. The fraction of sp³-hybridized carbons (Fsp3) is 0.217. The number of ether oxygens (including phenoxy) is 1. The Morgan fingerprint density at radius 1 is 1.00 bits per heavy atom. The summed E-state index contributed by atoms with van der Waals surface area (Å²) in [5.74, 6) is 0.315. The third-order valence-corrected chi connectivity index (χ3v) is 4.55. The number of hydrogen-bond donors (Lipinski definition) is 2. The maximum Gasteiger partial charge on any atom is 0.269 e.